The van der Waals surface area contributed by atoms with E-state index in [9.17, 15) is 5.26 Å². The Kier molecular flexibility index (Phi) is 6.30. The van der Waals surface area contributed by atoms with Crippen LogP contribution in [-0.4, -0.2) is 90.8 Å². The first-order chi connectivity index (χ1) is 17.7. The smallest absolute Gasteiger partial charge is 0.225 e. The summed E-state index contributed by atoms with van der Waals surface area (Å²) < 4.78 is 0. The lowest BCUT2D eigenvalue weighted by molar-refractivity contribution is 0.130. The molecule has 1 aromatic carbocycles. The minimum absolute atomic E-state index is 0.442. The van der Waals surface area contributed by atoms with E-state index in [2.05, 4.69) is 55.0 Å². The summed E-state index contributed by atoms with van der Waals surface area (Å²) in [6.45, 7) is 11.2. The minimum Gasteiger partial charge on any atom is -0.368 e. The summed E-state index contributed by atoms with van der Waals surface area (Å²) in [5, 5.41) is 14.0. The molecular formula is C27H33N9. The lowest BCUT2D eigenvalue weighted by Crippen LogP contribution is -2.58. The van der Waals surface area contributed by atoms with Gasteiger partial charge in [0, 0.05) is 88.3 Å². The van der Waals surface area contributed by atoms with E-state index in [0.717, 1.165) is 87.9 Å². The van der Waals surface area contributed by atoms with Crippen LogP contribution in [0.15, 0.2) is 42.9 Å². The first-order valence-electron chi connectivity index (χ1n) is 13.0. The number of aromatic nitrogens is 3. The lowest BCUT2D eigenvalue weighted by atomic mass is 10.0. The van der Waals surface area contributed by atoms with Crippen LogP contribution in [0, 0.1) is 11.3 Å². The van der Waals surface area contributed by atoms with Crippen molar-refractivity contribution in [3.8, 4) is 6.07 Å². The van der Waals surface area contributed by atoms with Crippen molar-refractivity contribution in [2.75, 3.05) is 73.6 Å². The zero-order valence-corrected chi connectivity index (χ0v) is 20.8. The molecule has 0 aliphatic carbocycles. The predicted molar refractivity (Wildman–Crippen MR) is 143 cm³/mol. The summed E-state index contributed by atoms with van der Waals surface area (Å²) in [6.07, 6.45) is 6.86. The van der Waals surface area contributed by atoms with E-state index in [-0.39, 0.29) is 0 Å². The highest BCUT2D eigenvalue weighted by atomic mass is 15.3. The molecule has 0 bridgehead atoms. The number of pyridine rings is 1. The van der Waals surface area contributed by atoms with Gasteiger partial charge in [0.2, 0.25) is 5.95 Å². The van der Waals surface area contributed by atoms with Gasteiger partial charge in [0.1, 0.15) is 6.07 Å². The summed E-state index contributed by atoms with van der Waals surface area (Å²) in [5.41, 5.74) is 3.73. The Morgan fingerprint density at radius 2 is 1.75 bits per heavy atom. The van der Waals surface area contributed by atoms with Crippen molar-refractivity contribution in [1.82, 2.24) is 25.2 Å². The van der Waals surface area contributed by atoms with Gasteiger partial charge < -0.3 is 20.0 Å². The third-order valence-corrected chi connectivity index (χ3v) is 7.91. The van der Waals surface area contributed by atoms with Gasteiger partial charge in [0.05, 0.1) is 29.2 Å². The molecule has 0 radical (unpaired) electrons. The van der Waals surface area contributed by atoms with Crippen LogP contribution < -0.4 is 20.0 Å². The van der Waals surface area contributed by atoms with Crippen molar-refractivity contribution in [2.45, 2.75) is 25.4 Å². The van der Waals surface area contributed by atoms with Crippen molar-refractivity contribution in [3.63, 3.8) is 0 Å². The van der Waals surface area contributed by atoms with E-state index >= 15 is 0 Å². The highest BCUT2D eigenvalue weighted by Crippen LogP contribution is 2.32. The van der Waals surface area contributed by atoms with Crippen LogP contribution >= 0.6 is 0 Å². The maximum atomic E-state index is 9.54. The molecule has 6 rings (SSSR count). The molecule has 3 aliphatic heterocycles. The van der Waals surface area contributed by atoms with E-state index < -0.39 is 0 Å². The van der Waals surface area contributed by atoms with Crippen LogP contribution in [0.1, 0.15) is 18.9 Å². The van der Waals surface area contributed by atoms with Crippen molar-refractivity contribution >= 4 is 28.2 Å². The highest BCUT2D eigenvalue weighted by Gasteiger charge is 2.35. The van der Waals surface area contributed by atoms with Crippen LogP contribution in [0.5, 0.6) is 0 Å². The maximum Gasteiger partial charge on any atom is 0.225 e. The van der Waals surface area contributed by atoms with Crippen LogP contribution in [0.4, 0.5) is 17.3 Å². The Bertz CT molecular complexity index is 1250. The first-order valence-corrected chi connectivity index (χ1v) is 13.0. The fraction of sp³-hybridized carbons (Fsp3) is 0.481. The molecule has 3 fully saturated rings. The average Bonchev–Trinajstić information content (AvgIpc) is 3.16. The minimum atomic E-state index is 0.442. The van der Waals surface area contributed by atoms with Gasteiger partial charge in [-0.3, -0.25) is 9.88 Å². The molecule has 2 unspecified atom stereocenters. The van der Waals surface area contributed by atoms with Gasteiger partial charge in [-0.15, -0.1) is 0 Å². The van der Waals surface area contributed by atoms with Crippen molar-refractivity contribution in [1.29, 1.82) is 5.26 Å². The molecule has 5 heterocycles. The quantitative estimate of drug-likeness (QED) is 0.602. The van der Waals surface area contributed by atoms with Crippen molar-refractivity contribution in [2.24, 2.45) is 0 Å². The fourth-order valence-electron chi connectivity index (χ4n) is 6.01. The van der Waals surface area contributed by atoms with E-state index in [0.29, 0.717) is 17.6 Å². The second kappa shape index (κ2) is 9.88. The summed E-state index contributed by atoms with van der Waals surface area (Å²) in [7, 11) is 0. The maximum absolute atomic E-state index is 9.54. The number of benzene rings is 1. The number of hydrogen-bond acceptors (Lipinski definition) is 9. The number of nitrogens with zero attached hydrogens (tertiary/aromatic N) is 8. The third kappa shape index (κ3) is 4.31. The molecule has 0 saturated carbocycles. The SMILES string of the molecule is CC1CN(c2ccc(C#N)c3ncccc23)CC2CCN(c3cnc(N4CCNCC4)nc3)CCN12. The molecule has 2 atom stereocenters. The van der Waals surface area contributed by atoms with Gasteiger partial charge in [-0.05, 0) is 37.6 Å². The molecule has 36 heavy (non-hydrogen) atoms. The van der Waals surface area contributed by atoms with Crippen molar-refractivity contribution < 1.29 is 0 Å². The molecule has 0 amide bonds. The molecule has 9 heteroatoms. The molecule has 3 aromatic rings. The van der Waals surface area contributed by atoms with E-state index in [1.165, 1.54) is 5.69 Å². The summed E-state index contributed by atoms with van der Waals surface area (Å²) >= 11 is 0. The Hall–Kier alpha value is -3.48. The normalized spacial score (nSPS) is 23.3. The summed E-state index contributed by atoms with van der Waals surface area (Å²) in [5.74, 6) is 0.834. The van der Waals surface area contributed by atoms with Crippen LogP contribution in [0.2, 0.25) is 0 Å². The van der Waals surface area contributed by atoms with Gasteiger partial charge in [-0.2, -0.15) is 5.26 Å². The van der Waals surface area contributed by atoms with E-state index in [1.54, 1.807) is 6.20 Å². The predicted octanol–water partition coefficient (Wildman–Crippen LogP) is 2.10. The molecule has 3 aliphatic rings. The van der Waals surface area contributed by atoms with E-state index in [4.69, 9.17) is 9.97 Å². The Balaban J connectivity index is 1.18. The molecule has 2 aromatic heterocycles. The Morgan fingerprint density at radius 3 is 2.56 bits per heavy atom. The molecular weight excluding hydrogens is 450 g/mol. The van der Waals surface area contributed by atoms with Crippen LogP contribution in [-0.2, 0) is 0 Å². The number of fused-ring (bicyclic) bond motifs is 2. The first kappa shape index (κ1) is 23.0. The highest BCUT2D eigenvalue weighted by molar-refractivity contribution is 5.95. The summed E-state index contributed by atoms with van der Waals surface area (Å²) in [6, 6.07) is 11.3. The van der Waals surface area contributed by atoms with Crippen LogP contribution in [0.3, 0.4) is 0 Å². The number of nitriles is 1. The van der Waals surface area contributed by atoms with Gasteiger partial charge in [0.15, 0.2) is 0 Å². The van der Waals surface area contributed by atoms with Crippen LogP contribution in [0.25, 0.3) is 10.9 Å². The van der Waals surface area contributed by atoms with Crippen molar-refractivity contribution in [3.05, 3.63) is 48.4 Å². The fourth-order valence-corrected chi connectivity index (χ4v) is 6.01. The van der Waals surface area contributed by atoms with Gasteiger partial charge in [0.25, 0.3) is 0 Å². The lowest BCUT2D eigenvalue weighted by Gasteiger charge is -2.46. The molecule has 9 nitrogen and oxygen atoms in total. The monoisotopic (exact) mass is 483 g/mol. The number of anilines is 3. The van der Waals surface area contributed by atoms with E-state index in [1.807, 2.05) is 24.5 Å². The molecule has 3 saturated heterocycles. The number of piperazine rings is 2. The topological polar surface area (TPSA) is 87.5 Å². The standard InChI is InChI=1S/C27H33N9/c1-20-18-35(25-5-4-21(15-28)26-24(25)3-2-7-30-26)19-22-6-10-33(13-14-36(20)22)23-16-31-27(32-17-23)34-11-8-29-9-12-34/h2-5,7,16-17,20,22,29H,6,8-14,18-19H2,1H3. The molecule has 0 spiro atoms. The average molecular weight is 484 g/mol. The molecule has 1 N–H and O–H groups in total. The Morgan fingerprint density at radius 1 is 0.917 bits per heavy atom. The van der Waals surface area contributed by atoms with Gasteiger partial charge in [-0.25, -0.2) is 9.97 Å². The molecule has 186 valence electrons. The van der Waals surface area contributed by atoms with Gasteiger partial charge in [-0.1, -0.05) is 0 Å². The summed E-state index contributed by atoms with van der Waals surface area (Å²) in [4.78, 5) is 23.8. The third-order valence-electron chi connectivity index (χ3n) is 7.91. The number of nitrogens with one attached hydrogen (secondary N) is 1. The Labute approximate surface area is 212 Å². The zero-order valence-electron chi connectivity index (χ0n) is 20.8. The number of rotatable bonds is 3. The zero-order chi connectivity index (χ0) is 24.5. The second-order valence-electron chi connectivity index (χ2n) is 10.0. The second-order valence-corrected chi connectivity index (χ2v) is 10.0. The van der Waals surface area contributed by atoms with Gasteiger partial charge >= 0.3 is 0 Å². The largest absolute Gasteiger partial charge is 0.368 e. The number of hydrogen-bond donors (Lipinski definition) is 1.